The van der Waals surface area contributed by atoms with Gasteiger partial charge in [-0.05, 0) is 18.6 Å². The fraction of sp³-hybridized carbons (Fsp3) is 0.0625. The van der Waals surface area contributed by atoms with E-state index >= 15 is 0 Å². The van der Waals surface area contributed by atoms with Crippen molar-refractivity contribution in [3.8, 4) is 0 Å². The SMILES string of the molecule is Cc1cccn2c(=O)c(C(=O)c3ccccc3)cnc12. The highest BCUT2D eigenvalue weighted by Gasteiger charge is 2.15. The van der Waals surface area contributed by atoms with Gasteiger partial charge in [-0.25, -0.2) is 4.98 Å². The molecule has 0 N–H and O–H groups in total. The first-order valence-corrected chi connectivity index (χ1v) is 6.25. The summed E-state index contributed by atoms with van der Waals surface area (Å²) in [5, 5.41) is 0. The van der Waals surface area contributed by atoms with Gasteiger partial charge in [0.15, 0.2) is 5.78 Å². The number of fused-ring (bicyclic) bond motifs is 1. The summed E-state index contributed by atoms with van der Waals surface area (Å²) in [7, 11) is 0. The standard InChI is InChI=1S/C16H12N2O2/c1-11-6-5-9-18-15(11)17-10-13(16(18)20)14(19)12-7-3-2-4-8-12/h2-10H,1H3. The number of hydrogen-bond donors (Lipinski definition) is 0. The summed E-state index contributed by atoms with van der Waals surface area (Å²) < 4.78 is 1.41. The minimum Gasteiger partial charge on any atom is -0.288 e. The zero-order valence-corrected chi connectivity index (χ0v) is 10.9. The molecule has 20 heavy (non-hydrogen) atoms. The summed E-state index contributed by atoms with van der Waals surface area (Å²) >= 11 is 0. The molecule has 4 heteroatoms. The summed E-state index contributed by atoms with van der Waals surface area (Å²) in [6.45, 7) is 1.88. The van der Waals surface area contributed by atoms with Gasteiger partial charge in [0.1, 0.15) is 11.2 Å². The maximum atomic E-state index is 12.4. The molecule has 0 aliphatic rings. The number of aryl methyl sites for hydroxylation is 1. The van der Waals surface area contributed by atoms with E-state index in [0.717, 1.165) is 5.56 Å². The number of carbonyl (C=O) groups excluding carboxylic acids is 1. The lowest BCUT2D eigenvalue weighted by Crippen LogP contribution is -2.23. The Morgan fingerprint density at radius 3 is 2.60 bits per heavy atom. The van der Waals surface area contributed by atoms with Gasteiger partial charge in [0.05, 0.1) is 0 Å². The van der Waals surface area contributed by atoms with E-state index in [0.29, 0.717) is 11.2 Å². The molecule has 0 fully saturated rings. The molecule has 2 heterocycles. The minimum absolute atomic E-state index is 0.0827. The molecule has 3 rings (SSSR count). The van der Waals surface area contributed by atoms with Crippen molar-refractivity contribution in [1.29, 1.82) is 0 Å². The number of hydrogen-bond acceptors (Lipinski definition) is 3. The van der Waals surface area contributed by atoms with Crippen LogP contribution in [0.3, 0.4) is 0 Å². The summed E-state index contributed by atoms with van der Waals surface area (Å²) in [6, 6.07) is 12.4. The summed E-state index contributed by atoms with van der Waals surface area (Å²) in [4.78, 5) is 29.0. The van der Waals surface area contributed by atoms with Crippen molar-refractivity contribution < 1.29 is 4.79 Å². The van der Waals surface area contributed by atoms with Crippen LogP contribution in [0, 0.1) is 6.92 Å². The first kappa shape index (κ1) is 12.3. The lowest BCUT2D eigenvalue weighted by atomic mass is 10.1. The number of ketones is 1. The van der Waals surface area contributed by atoms with Crippen molar-refractivity contribution in [2.75, 3.05) is 0 Å². The van der Waals surface area contributed by atoms with Crippen LogP contribution in [-0.2, 0) is 0 Å². The fourth-order valence-corrected chi connectivity index (χ4v) is 2.15. The first-order chi connectivity index (χ1) is 9.68. The van der Waals surface area contributed by atoms with Crippen LogP contribution in [0.1, 0.15) is 21.5 Å². The molecule has 98 valence electrons. The van der Waals surface area contributed by atoms with Gasteiger partial charge in [-0.3, -0.25) is 14.0 Å². The molecule has 0 radical (unpaired) electrons. The number of nitrogens with zero attached hydrogens (tertiary/aromatic N) is 2. The van der Waals surface area contributed by atoms with Crippen LogP contribution in [0.15, 0.2) is 59.7 Å². The molecule has 0 amide bonds. The number of rotatable bonds is 2. The Hall–Kier alpha value is -2.75. The second kappa shape index (κ2) is 4.74. The van der Waals surface area contributed by atoms with E-state index < -0.39 is 0 Å². The summed E-state index contributed by atoms with van der Waals surface area (Å²) in [5.41, 5.74) is 1.69. The quantitative estimate of drug-likeness (QED) is 0.667. The van der Waals surface area contributed by atoms with Gasteiger partial charge in [-0.1, -0.05) is 36.4 Å². The minimum atomic E-state index is -0.340. The molecule has 1 aromatic carbocycles. The van der Waals surface area contributed by atoms with Crippen molar-refractivity contribution in [1.82, 2.24) is 9.38 Å². The van der Waals surface area contributed by atoms with Crippen LogP contribution in [0.25, 0.3) is 5.65 Å². The van der Waals surface area contributed by atoms with Gasteiger partial charge in [0, 0.05) is 18.0 Å². The predicted octanol–water partition coefficient (Wildman–Crippen LogP) is 2.23. The number of benzene rings is 1. The Bertz CT molecular complexity index is 851. The highest BCUT2D eigenvalue weighted by atomic mass is 16.1. The van der Waals surface area contributed by atoms with E-state index in [1.54, 1.807) is 36.5 Å². The maximum Gasteiger partial charge on any atom is 0.269 e. The van der Waals surface area contributed by atoms with Crippen molar-refractivity contribution in [3.63, 3.8) is 0 Å². The zero-order valence-electron chi connectivity index (χ0n) is 10.9. The van der Waals surface area contributed by atoms with Gasteiger partial charge < -0.3 is 0 Å². The Morgan fingerprint density at radius 1 is 1.10 bits per heavy atom. The molecule has 4 nitrogen and oxygen atoms in total. The van der Waals surface area contributed by atoms with Gasteiger partial charge in [0.25, 0.3) is 5.56 Å². The van der Waals surface area contributed by atoms with Crippen molar-refractivity contribution in [2.24, 2.45) is 0 Å². The molecule has 0 unspecified atom stereocenters. The molecular formula is C16H12N2O2. The normalized spacial score (nSPS) is 10.7. The second-order valence-electron chi connectivity index (χ2n) is 4.56. The first-order valence-electron chi connectivity index (χ1n) is 6.25. The third kappa shape index (κ3) is 1.91. The Labute approximate surface area is 115 Å². The molecule has 0 bridgehead atoms. The predicted molar refractivity (Wildman–Crippen MR) is 76.1 cm³/mol. The van der Waals surface area contributed by atoms with Gasteiger partial charge in [-0.15, -0.1) is 0 Å². The van der Waals surface area contributed by atoms with E-state index in [4.69, 9.17) is 0 Å². The molecule has 2 aromatic heterocycles. The highest BCUT2D eigenvalue weighted by Crippen LogP contribution is 2.08. The smallest absolute Gasteiger partial charge is 0.269 e. The topological polar surface area (TPSA) is 51.4 Å². The average molecular weight is 264 g/mol. The van der Waals surface area contributed by atoms with E-state index in [1.165, 1.54) is 10.6 Å². The molecule has 0 aliphatic carbocycles. The molecule has 0 saturated heterocycles. The van der Waals surface area contributed by atoms with Crippen LogP contribution in [-0.4, -0.2) is 15.2 Å². The summed E-state index contributed by atoms with van der Waals surface area (Å²) in [5.74, 6) is -0.306. The number of pyridine rings is 1. The average Bonchev–Trinajstić information content (AvgIpc) is 2.49. The molecule has 0 saturated carbocycles. The van der Waals surface area contributed by atoms with Crippen molar-refractivity contribution in [3.05, 3.63) is 81.9 Å². The van der Waals surface area contributed by atoms with Crippen LogP contribution < -0.4 is 5.56 Å². The van der Waals surface area contributed by atoms with E-state index in [2.05, 4.69) is 4.98 Å². The second-order valence-corrected chi connectivity index (χ2v) is 4.56. The van der Waals surface area contributed by atoms with E-state index in [-0.39, 0.29) is 16.9 Å². The zero-order chi connectivity index (χ0) is 14.1. The van der Waals surface area contributed by atoms with Crippen LogP contribution >= 0.6 is 0 Å². The third-order valence-corrected chi connectivity index (χ3v) is 3.21. The molecule has 0 atom stereocenters. The molecule has 0 aliphatic heterocycles. The fourth-order valence-electron chi connectivity index (χ4n) is 2.15. The monoisotopic (exact) mass is 264 g/mol. The Kier molecular flexibility index (Phi) is 2.91. The maximum absolute atomic E-state index is 12.4. The lowest BCUT2D eigenvalue weighted by Gasteiger charge is -2.05. The van der Waals surface area contributed by atoms with Gasteiger partial charge in [-0.2, -0.15) is 0 Å². The van der Waals surface area contributed by atoms with Gasteiger partial charge >= 0.3 is 0 Å². The van der Waals surface area contributed by atoms with E-state index in [9.17, 15) is 9.59 Å². The Balaban J connectivity index is 2.22. The number of carbonyl (C=O) groups is 1. The highest BCUT2D eigenvalue weighted by molar-refractivity contribution is 6.08. The largest absolute Gasteiger partial charge is 0.288 e. The molecule has 3 aromatic rings. The van der Waals surface area contributed by atoms with Crippen molar-refractivity contribution >= 4 is 11.4 Å². The lowest BCUT2D eigenvalue weighted by molar-refractivity contribution is 0.103. The number of aromatic nitrogens is 2. The Morgan fingerprint density at radius 2 is 1.85 bits per heavy atom. The van der Waals surface area contributed by atoms with Gasteiger partial charge in [0.2, 0.25) is 0 Å². The van der Waals surface area contributed by atoms with Crippen molar-refractivity contribution in [2.45, 2.75) is 6.92 Å². The van der Waals surface area contributed by atoms with E-state index in [1.807, 2.05) is 19.1 Å². The summed E-state index contributed by atoms with van der Waals surface area (Å²) in [6.07, 6.45) is 2.99. The molecule has 0 spiro atoms. The molecular weight excluding hydrogens is 252 g/mol. The van der Waals surface area contributed by atoms with Crippen LogP contribution in [0.5, 0.6) is 0 Å². The van der Waals surface area contributed by atoms with Crippen LogP contribution in [0.2, 0.25) is 0 Å². The van der Waals surface area contributed by atoms with Crippen LogP contribution in [0.4, 0.5) is 0 Å². The third-order valence-electron chi connectivity index (χ3n) is 3.21.